The Hall–Kier alpha value is -2.61. The maximum atomic E-state index is 12.1. The molecule has 2 aromatic rings. The fourth-order valence-corrected chi connectivity index (χ4v) is 2.49. The number of hydrogen-bond donors (Lipinski definition) is 2. The Morgan fingerprint density at radius 3 is 2.52 bits per heavy atom. The van der Waals surface area contributed by atoms with Crippen molar-refractivity contribution in [2.45, 2.75) is 25.3 Å². The molecule has 1 aromatic carbocycles. The van der Waals surface area contributed by atoms with Gasteiger partial charge < -0.3 is 15.4 Å². The first kappa shape index (κ1) is 18.7. The van der Waals surface area contributed by atoms with E-state index in [0.29, 0.717) is 35.3 Å². The van der Waals surface area contributed by atoms with E-state index in [1.807, 2.05) is 19.1 Å². The number of thioether (sulfide) groups is 1. The van der Waals surface area contributed by atoms with Crippen molar-refractivity contribution in [3.63, 3.8) is 0 Å². The number of nitrogens with zero attached hydrogens (tertiary/aromatic N) is 2. The number of carbonyl (C=O) groups is 2. The Morgan fingerprint density at radius 1 is 1.04 bits per heavy atom. The summed E-state index contributed by atoms with van der Waals surface area (Å²) in [6.07, 6.45) is 0.377. The van der Waals surface area contributed by atoms with Gasteiger partial charge in [0, 0.05) is 6.42 Å². The van der Waals surface area contributed by atoms with Gasteiger partial charge in [-0.2, -0.15) is 0 Å². The molecule has 25 heavy (non-hydrogen) atoms. The highest BCUT2D eigenvalue weighted by molar-refractivity contribution is 7.99. The summed E-state index contributed by atoms with van der Waals surface area (Å²) in [4.78, 5) is 23.4. The second kappa shape index (κ2) is 9.63. The Morgan fingerprint density at radius 2 is 1.84 bits per heavy atom. The molecule has 1 aromatic heterocycles. The van der Waals surface area contributed by atoms with Gasteiger partial charge in [0.25, 0.3) is 0 Å². The predicted molar refractivity (Wildman–Crippen MR) is 97.9 cm³/mol. The van der Waals surface area contributed by atoms with Gasteiger partial charge in [-0.25, -0.2) is 0 Å². The zero-order chi connectivity index (χ0) is 18.1. The summed E-state index contributed by atoms with van der Waals surface area (Å²) >= 11 is 1.26. The molecule has 2 rings (SSSR count). The topological polar surface area (TPSA) is 93.2 Å². The minimum atomic E-state index is -0.165. The molecule has 1 heterocycles. The summed E-state index contributed by atoms with van der Waals surface area (Å²) in [5.74, 6) is 0.935. The second-order valence-electron chi connectivity index (χ2n) is 4.92. The molecule has 0 bridgehead atoms. The molecule has 132 valence electrons. The largest absolute Gasteiger partial charge is 0.492 e. The van der Waals surface area contributed by atoms with Gasteiger partial charge in [-0.15, -0.1) is 10.2 Å². The Balaban J connectivity index is 1.87. The van der Waals surface area contributed by atoms with E-state index in [-0.39, 0.29) is 17.6 Å². The summed E-state index contributed by atoms with van der Waals surface area (Å²) < 4.78 is 5.48. The summed E-state index contributed by atoms with van der Waals surface area (Å²) in [5, 5.41) is 13.9. The van der Waals surface area contributed by atoms with Crippen LogP contribution < -0.4 is 15.4 Å². The molecular formula is C17H20N4O3S. The van der Waals surface area contributed by atoms with Gasteiger partial charge in [0.15, 0.2) is 5.82 Å². The van der Waals surface area contributed by atoms with Crippen molar-refractivity contribution >= 4 is 35.1 Å². The van der Waals surface area contributed by atoms with Crippen molar-refractivity contribution in [2.24, 2.45) is 0 Å². The smallest absolute Gasteiger partial charge is 0.234 e. The molecule has 0 saturated carbocycles. The lowest BCUT2D eigenvalue weighted by molar-refractivity contribution is -0.116. The van der Waals surface area contributed by atoms with E-state index in [0.717, 1.165) is 0 Å². The van der Waals surface area contributed by atoms with Crippen LogP contribution in [0, 0.1) is 0 Å². The first-order valence-corrected chi connectivity index (χ1v) is 8.89. The average Bonchev–Trinajstić information content (AvgIpc) is 2.63. The first-order valence-electron chi connectivity index (χ1n) is 7.90. The molecule has 0 spiro atoms. The number of aromatic nitrogens is 2. The highest BCUT2D eigenvalue weighted by atomic mass is 32.2. The third-order valence-electron chi connectivity index (χ3n) is 3.04. The van der Waals surface area contributed by atoms with E-state index in [9.17, 15) is 9.59 Å². The third kappa shape index (κ3) is 6.07. The lowest BCUT2D eigenvalue weighted by Crippen LogP contribution is -2.15. The van der Waals surface area contributed by atoms with Crippen LogP contribution >= 0.6 is 11.8 Å². The van der Waals surface area contributed by atoms with E-state index < -0.39 is 0 Å². The van der Waals surface area contributed by atoms with E-state index in [4.69, 9.17) is 4.74 Å². The molecule has 0 radical (unpaired) electrons. The number of rotatable bonds is 8. The van der Waals surface area contributed by atoms with Gasteiger partial charge in [-0.1, -0.05) is 30.8 Å². The number of ether oxygens (including phenoxy) is 1. The second-order valence-corrected chi connectivity index (χ2v) is 5.92. The fraction of sp³-hybridized carbons (Fsp3) is 0.294. The number of para-hydroxylation sites is 2. The van der Waals surface area contributed by atoms with Crippen LogP contribution in [0.25, 0.3) is 0 Å². The summed E-state index contributed by atoms with van der Waals surface area (Å²) in [5.41, 5.74) is 0.638. The van der Waals surface area contributed by atoms with E-state index >= 15 is 0 Å². The van der Waals surface area contributed by atoms with Crippen LogP contribution in [0.15, 0.2) is 41.4 Å². The fourth-order valence-electron chi connectivity index (χ4n) is 1.87. The molecule has 0 unspecified atom stereocenters. The number of hydrogen-bond acceptors (Lipinski definition) is 6. The monoisotopic (exact) mass is 360 g/mol. The normalized spacial score (nSPS) is 10.2. The SMILES string of the molecule is CCOc1ccccc1NC(=O)CSc1ccc(NC(=O)CC)nn1. The van der Waals surface area contributed by atoms with Crippen LogP contribution in [0.4, 0.5) is 11.5 Å². The van der Waals surface area contributed by atoms with Gasteiger partial charge in [-0.3, -0.25) is 9.59 Å². The predicted octanol–water partition coefficient (Wildman–Crippen LogP) is 2.95. The lowest BCUT2D eigenvalue weighted by atomic mass is 10.3. The van der Waals surface area contributed by atoms with Gasteiger partial charge in [-0.05, 0) is 31.2 Å². The average molecular weight is 360 g/mol. The van der Waals surface area contributed by atoms with Gasteiger partial charge in [0.05, 0.1) is 18.0 Å². The molecule has 0 aliphatic heterocycles. The highest BCUT2D eigenvalue weighted by Gasteiger charge is 2.09. The molecule has 7 nitrogen and oxygen atoms in total. The number of anilines is 2. The number of carbonyl (C=O) groups excluding carboxylic acids is 2. The minimum Gasteiger partial charge on any atom is -0.492 e. The minimum absolute atomic E-state index is 0.123. The zero-order valence-corrected chi connectivity index (χ0v) is 14.9. The van der Waals surface area contributed by atoms with Crippen molar-refractivity contribution < 1.29 is 14.3 Å². The van der Waals surface area contributed by atoms with Crippen LogP contribution in [-0.2, 0) is 9.59 Å². The van der Waals surface area contributed by atoms with Crippen LogP contribution in [0.2, 0.25) is 0 Å². The van der Waals surface area contributed by atoms with Gasteiger partial charge in [0.1, 0.15) is 10.8 Å². The maximum Gasteiger partial charge on any atom is 0.234 e. The Kier molecular flexibility index (Phi) is 7.21. The summed E-state index contributed by atoms with van der Waals surface area (Å²) in [6.45, 7) is 4.17. The van der Waals surface area contributed by atoms with Crippen LogP contribution in [-0.4, -0.2) is 34.4 Å². The molecule has 2 N–H and O–H groups in total. The van der Waals surface area contributed by atoms with Gasteiger partial charge in [0.2, 0.25) is 11.8 Å². The van der Waals surface area contributed by atoms with Crippen molar-refractivity contribution in [3.05, 3.63) is 36.4 Å². The zero-order valence-electron chi connectivity index (χ0n) is 14.1. The van der Waals surface area contributed by atoms with Crippen molar-refractivity contribution in [1.29, 1.82) is 0 Å². The van der Waals surface area contributed by atoms with Crippen molar-refractivity contribution in [1.82, 2.24) is 10.2 Å². The van der Waals surface area contributed by atoms with E-state index in [2.05, 4.69) is 20.8 Å². The first-order chi connectivity index (χ1) is 12.1. The molecule has 2 amide bonds. The number of benzene rings is 1. The molecule has 8 heteroatoms. The standard InChI is InChI=1S/C17H20N4O3S/c1-3-15(22)19-14-9-10-17(21-20-14)25-11-16(23)18-12-7-5-6-8-13(12)24-4-2/h5-10H,3-4,11H2,1-2H3,(H,18,23)(H,19,20,22). The van der Waals surface area contributed by atoms with Crippen LogP contribution in [0.3, 0.4) is 0 Å². The molecule has 0 aliphatic rings. The van der Waals surface area contributed by atoms with Crippen molar-refractivity contribution in [2.75, 3.05) is 23.0 Å². The van der Waals surface area contributed by atoms with Crippen LogP contribution in [0.1, 0.15) is 20.3 Å². The summed E-state index contributed by atoms with van der Waals surface area (Å²) in [6, 6.07) is 10.7. The molecule has 0 atom stereocenters. The van der Waals surface area contributed by atoms with Crippen molar-refractivity contribution in [3.8, 4) is 5.75 Å². The highest BCUT2D eigenvalue weighted by Crippen LogP contribution is 2.24. The Bertz CT molecular complexity index is 722. The number of nitrogens with one attached hydrogen (secondary N) is 2. The molecule has 0 fully saturated rings. The molecular weight excluding hydrogens is 340 g/mol. The van der Waals surface area contributed by atoms with E-state index in [1.165, 1.54) is 11.8 Å². The Labute approximate surface area is 150 Å². The third-order valence-corrected chi connectivity index (χ3v) is 3.96. The lowest BCUT2D eigenvalue weighted by Gasteiger charge is -2.10. The maximum absolute atomic E-state index is 12.1. The summed E-state index contributed by atoms with van der Waals surface area (Å²) in [7, 11) is 0. The van der Waals surface area contributed by atoms with Crippen LogP contribution in [0.5, 0.6) is 5.75 Å². The van der Waals surface area contributed by atoms with Gasteiger partial charge >= 0.3 is 0 Å². The number of amides is 2. The van der Waals surface area contributed by atoms with E-state index in [1.54, 1.807) is 31.2 Å². The molecule has 0 saturated heterocycles. The molecule has 0 aliphatic carbocycles. The quantitative estimate of drug-likeness (QED) is 0.703.